The summed E-state index contributed by atoms with van der Waals surface area (Å²) in [5.41, 5.74) is 0. The monoisotopic (exact) mass is 370 g/mol. The van der Waals surface area contributed by atoms with Crippen LogP contribution in [0.15, 0.2) is 0 Å². The van der Waals surface area contributed by atoms with Crippen molar-refractivity contribution in [3.8, 4) is 0 Å². The number of unbranched alkanes of at least 4 members (excludes halogenated alkanes) is 7. The molecule has 0 rings (SSSR count). The molecule has 0 atom stereocenters. The summed E-state index contributed by atoms with van der Waals surface area (Å²) in [5.74, 6) is 0. The Kier molecular flexibility index (Phi) is 18.3. The van der Waals surface area contributed by atoms with Gasteiger partial charge >= 0.3 is 0 Å². The minimum Gasteiger partial charge on any atom is -0.379 e. The van der Waals surface area contributed by atoms with Crippen LogP contribution in [0.25, 0.3) is 0 Å². The third kappa shape index (κ3) is 16.6. The fourth-order valence-electron chi connectivity index (χ4n) is 1.78. The van der Waals surface area contributed by atoms with Gasteiger partial charge in [-0.15, -0.1) is 0 Å². The van der Waals surface area contributed by atoms with E-state index in [0.29, 0.717) is 0 Å². The maximum Gasteiger partial charge on any atom is 0.0700 e. The van der Waals surface area contributed by atoms with Crippen LogP contribution in [0, 0.1) is 0 Å². The van der Waals surface area contributed by atoms with Gasteiger partial charge in [-0.2, -0.15) is 0 Å². The summed E-state index contributed by atoms with van der Waals surface area (Å²) in [4.78, 5) is 0. The quantitative estimate of drug-likeness (QED) is 0.230. The van der Waals surface area contributed by atoms with E-state index in [0.717, 1.165) is 26.4 Å². The number of hydrogen-bond acceptors (Lipinski definition) is 2. The molecule has 0 saturated heterocycles. The molecule has 2 nitrogen and oxygen atoms in total. The van der Waals surface area contributed by atoms with E-state index in [1.807, 2.05) is 0 Å². The van der Waals surface area contributed by atoms with Crippen LogP contribution in [0.4, 0.5) is 0 Å². The molecule has 0 N–H and O–H groups in total. The Labute approximate surface area is 127 Å². The highest BCUT2D eigenvalue weighted by Crippen LogP contribution is 2.03. The lowest BCUT2D eigenvalue weighted by Crippen LogP contribution is -2.06. The second-order valence-corrected chi connectivity index (χ2v) is 5.82. The first kappa shape index (κ1) is 18.7. The lowest BCUT2D eigenvalue weighted by molar-refractivity contribution is 0.0449. The normalized spacial score (nSPS) is 11.0. The average Bonchev–Trinajstić information content (AvgIpc) is 2.39. The average molecular weight is 370 g/mol. The molecule has 0 spiro atoms. The summed E-state index contributed by atoms with van der Waals surface area (Å²) < 4.78 is 12.3. The van der Waals surface area contributed by atoms with Gasteiger partial charge in [-0.1, -0.05) is 68.0 Å². The molecular formula is C15H31IO2. The van der Waals surface area contributed by atoms with Crippen molar-refractivity contribution in [1.82, 2.24) is 0 Å². The zero-order valence-electron chi connectivity index (χ0n) is 12.1. The van der Waals surface area contributed by atoms with Crippen LogP contribution < -0.4 is 0 Å². The van der Waals surface area contributed by atoms with Gasteiger partial charge in [0, 0.05) is 13.2 Å². The molecule has 3 heteroatoms. The summed E-state index contributed by atoms with van der Waals surface area (Å²) in [6.07, 6.45) is 11.7. The van der Waals surface area contributed by atoms with E-state index in [1.54, 1.807) is 0 Å². The highest BCUT2D eigenvalue weighted by atomic mass is 127. The second kappa shape index (κ2) is 17.6. The molecule has 0 aliphatic rings. The Morgan fingerprint density at radius 3 is 1.61 bits per heavy atom. The number of halogens is 1. The van der Waals surface area contributed by atoms with E-state index in [-0.39, 0.29) is 0 Å². The van der Waals surface area contributed by atoms with Crippen LogP contribution in [0.5, 0.6) is 0 Å². The third-order valence-electron chi connectivity index (χ3n) is 2.94. The van der Waals surface area contributed by atoms with Gasteiger partial charge in [-0.25, -0.2) is 0 Å². The molecular weight excluding hydrogens is 339 g/mol. The van der Waals surface area contributed by atoms with Gasteiger partial charge in [0.05, 0.1) is 13.2 Å². The van der Waals surface area contributed by atoms with Crippen LogP contribution in [0.2, 0.25) is 0 Å². The molecule has 0 heterocycles. The largest absolute Gasteiger partial charge is 0.379 e. The van der Waals surface area contributed by atoms with E-state index in [1.165, 1.54) is 62.2 Å². The fourth-order valence-corrected chi connectivity index (χ4v) is 2.32. The summed E-state index contributed by atoms with van der Waals surface area (Å²) in [6, 6.07) is 0. The van der Waals surface area contributed by atoms with E-state index in [9.17, 15) is 0 Å². The van der Waals surface area contributed by atoms with Crippen molar-refractivity contribution in [2.45, 2.75) is 64.7 Å². The minimum atomic E-state index is 0.765. The maximum atomic E-state index is 5.53. The zero-order valence-corrected chi connectivity index (χ0v) is 14.3. The molecule has 0 fully saturated rings. The van der Waals surface area contributed by atoms with Crippen LogP contribution in [0.1, 0.15) is 64.7 Å². The lowest BCUT2D eigenvalue weighted by atomic mass is 10.2. The molecule has 0 aliphatic carbocycles. The zero-order chi connectivity index (χ0) is 13.3. The predicted molar refractivity (Wildman–Crippen MR) is 87.8 cm³/mol. The van der Waals surface area contributed by atoms with E-state index >= 15 is 0 Å². The van der Waals surface area contributed by atoms with Crippen molar-refractivity contribution in [1.29, 1.82) is 0 Å². The molecule has 0 aromatic rings. The van der Waals surface area contributed by atoms with Crippen LogP contribution in [-0.4, -0.2) is 30.9 Å². The van der Waals surface area contributed by atoms with Crippen molar-refractivity contribution in [3.05, 3.63) is 0 Å². The smallest absolute Gasteiger partial charge is 0.0700 e. The summed E-state index contributed by atoms with van der Waals surface area (Å²) in [6.45, 7) is 5.59. The van der Waals surface area contributed by atoms with Crippen molar-refractivity contribution in [2.75, 3.05) is 30.9 Å². The summed E-state index contributed by atoms with van der Waals surface area (Å²) in [7, 11) is 0. The number of alkyl halides is 1. The van der Waals surface area contributed by atoms with Crippen LogP contribution in [-0.2, 0) is 9.47 Å². The topological polar surface area (TPSA) is 18.5 Å². The number of rotatable bonds is 15. The standard InChI is InChI=1S/C15H31IO2/c1-2-3-4-6-9-12-17-14-15-18-13-10-7-5-8-11-16/h2-15H2,1H3. The van der Waals surface area contributed by atoms with Gasteiger partial charge in [0.1, 0.15) is 0 Å². The summed E-state index contributed by atoms with van der Waals surface area (Å²) in [5, 5.41) is 0. The Bertz CT molecular complexity index is 126. The third-order valence-corrected chi connectivity index (χ3v) is 3.70. The van der Waals surface area contributed by atoms with Crippen molar-refractivity contribution < 1.29 is 9.47 Å². The van der Waals surface area contributed by atoms with Crippen molar-refractivity contribution in [2.24, 2.45) is 0 Å². The minimum absolute atomic E-state index is 0.765. The first-order valence-electron chi connectivity index (χ1n) is 7.63. The molecule has 0 bridgehead atoms. The SMILES string of the molecule is CCCCCCCOCCOCCCCCCI. The van der Waals surface area contributed by atoms with E-state index in [2.05, 4.69) is 29.5 Å². The molecule has 0 aromatic carbocycles. The van der Waals surface area contributed by atoms with Gasteiger partial charge < -0.3 is 9.47 Å². The Morgan fingerprint density at radius 2 is 1.11 bits per heavy atom. The predicted octanol–water partition coefficient (Wildman–Crippen LogP) is 4.99. The van der Waals surface area contributed by atoms with Crippen molar-refractivity contribution in [3.63, 3.8) is 0 Å². The Morgan fingerprint density at radius 1 is 0.611 bits per heavy atom. The first-order valence-corrected chi connectivity index (χ1v) is 9.15. The summed E-state index contributed by atoms with van der Waals surface area (Å²) >= 11 is 2.44. The highest BCUT2D eigenvalue weighted by Gasteiger charge is 1.93. The lowest BCUT2D eigenvalue weighted by Gasteiger charge is -2.05. The van der Waals surface area contributed by atoms with Gasteiger partial charge in [0.25, 0.3) is 0 Å². The van der Waals surface area contributed by atoms with Gasteiger partial charge in [-0.3, -0.25) is 0 Å². The van der Waals surface area contributed by atoms with Crippen LogP contribution >= 0.6 is 22.6 Å². The maximum absolute atomic E-state index is 5.53. The molecule has 0 saturated carbocycles. The molecule has 110 valence electrons. The van der Waals surface area contributed by atoms with Gasteiger partial charge in [0.15, 0.2) is 0 Å². The number of ether oxygens (including phenoxy) is 2. The Hall–Kier alpha value is 0.650. The van der Waals surface area contributed by atoms with E-state index < -0.39 is 0 Å². The van der Waals surface area contributed by atoms with E-state index in [4.69, 9.17) is 9.47 Å². The first-order chi connectivity index (χ1) is 8.91. The highest BCUT2D eigenvalue weighted by molar-refractivity contribution is 14.1. The fraction of sp³-hybridized carbons (Fsp3) is 1.00. The van der Waals surface area contributed by atoms with Crippen molar-refractivity contribution >= 4 is 22.6 Å². The molecule has 18 heavy (non-hydrogen) atoms. The van der Waals surface area contributed by atoms with Crippen LogP contribution in [0.3, 0.4) is 0 Å². The Balaban J connectivity index is 2.86. The molecule has 0 amide bonds. The molecule has 0 radical (unpaired) electrons. The molecule has 0 unspecified atom stereocenters. The number of hydrogen-bond donors (Lipinski definition) is 0. The van der Waals surface area contributed by atoms with Gasteiger partial charge in [-0.05, 0) is 23.7 Å². The molecule has 0 aromatic heterocycles. The van der Waals surface area contributed by atoms with Gasteiger partial charge in [0.2, 0.25) is 0 Å². The second-order valence-electron chi connectivity index (χ2n) is 4.74. The molecule has 0 aliphatic heterocycles.